The third-order valence-corrected chi connectivity index (χ3v) is 3.60. The second-order valence-electron chi connectivity index (χ2n) is 10.0. The lowest BCUT2D eigenvalue weighted by Gasteiger charge is -2.38. The van der Waals surface area contributed by atoms with Gasteiger partial charge in [-0.15, -0.1) is 5.01 Å². The Morgan fingerprint density at radius 3 is 1.29 bits per heavy atom. The predicted molar refractivity (Wildman–Crippen MR) is 105 cm³/mol. The Kier molecular flexibility index (Phi) is 7.36. The van der Waals surface area contributed by atoms with Crippen LogP contribution in [0.2, 0.25) is 0 Å². The molecule has 0 saturated heterocycles. The maximum atomic E-state index is 13.0. The Balaban J connectivity index is 3.33. The van der Waals surface area contributed by atoms with Gasteiger partial charge in [-0.1, -0.05) is 12.8 Å². The van der Waals surface area contributed by atoms with E-state index in [9.17, 15) is 14.4 Å². The Morgan fingerprint density at radius 2 is 0.964 bits per heavy atom. The van der Waals surface area contributed by atoms with Crippen molar-refractivity contribution >= 4 is 18.3 Å². The van der Waals surface area contributed by atoms with Gasteiger partial charge < -0.3 is 14.2 Å². The van der Waals surface area contributed by atoms with Crippen molar-refractivity contribution in [2.75, 3.05) is 0 Å². The van der Waals surface area contributed by atoms with E-state index in [1.165, 1.54) is 0 Å². The average Bonchev–Trinajstić information content (AvgIpc) is 2.91. The number of hydrazine groups is 1. The van der Waals surface area contributed by atoms with Gasteiger partial charge in [-0.2, -0.15) is 0 Å². The van der Waals surface area contributed by atoms with Gasteiger partial charge in [0.2, 0.25) is 0 Å². The van der Waals surface area contributed by atoms with Crippen LogP contribution in [0.1, 0.15) is 88.0 Å². The van der Waals surface area contributed by atoms with Gasteiger partial charge in [-0.25, -0.2) is 19.4 Å². The van der Waals surface area contributed by atoms with Crippen LogP contribution in [0.3, 0.4) is 0 Å². The van der Waals surface area contributed by atoms with Gasteiger partial charge in [-0.3, -0.25) is 0 Å². The van der Waals surface area contributed by atoms with Crippen molar-refractivity contribution in [3.05, 3.63) is 0 Å². The molecular weight excluding hydrogens is 364 g/mol. The van der Waals surface area contributed by atoms with E-state index in [1.807, 2.05) is 0 Å². The summed E-state index contributed by atoms with van der Waals surface area (Å²) < 4.78 is 16.3. The monoisotopic (exact) mass is 400 g/mol. The third-order valence-electron chi connectivity index (χ3n) is 3.60. The van der Waals surface area contributed by atoms with Crippen LogP contribution in [0, 0.1) is 0 Å². The number of nitrogens with zero attached hydrogens (tertiary/aromatic N) is 2. The van der Waals surface area contributed by atoms with Crippen LogP contribution in [0.15, 0.2) is 0 Å². The standard InChI is InChI=1S/C20H36N2O6/c1-18(2,3)26-15(23)21(14-12-10-11-13-14)22(16(24)27-19(4,5)6)17(25)28-20(7,8)9/h14H,10-13H2,1-9H3. The molecule has 0 aromatic heterocycles. The molecule has 8 heteroatoms. The van der Waals surface area contributed by atoms with Crippen molar-refractivity contribution in [1.82, 2.24) is 10.0 Å². The molecule has 1 saturated carbocycles. The topological polar surface area (TPSA) is 85.4 Å². The molecule has 28 heavy (non-hydrogen) atoms. The summed E-state index contributed by atoms with van der Waals surface area (Å²) in [5, 5.41) is 1.72. The van der Waals surface area contributed by atoms with Crippen LogP contribution < -0.4 is 0 Å². The first-order valence-corrected chi connectivity index (χ1v) is 9.78. The number of rotatable bonds is 1. The van der Waals surface area contributed by atoms with Gasteiger partial charge in [0.05, 0.1) is 6.04 Å². The Morgan fingerprint density at radius 1 is 0.643 bits per heavy atom. The lowest BCUT2D eigenvalue weighted by atomic mass is 10.2. The van der Waals surface area contributed by atoms with E-state index in [-0.39, 0.29) is 6.04 Å². The first-order chi connectivity index (χ1) is 12.5. The summed E-state index contributed by atoms with van der Waals surface area (Å²) >= 11 is 0. The Hall–Kier alpha value is -1.99. The van der Waals surface area contributed by atoms with Crippen molar-refractivity contribution in [3.8, 4) is 0 Å². The molecule has 0 N–H and O–H groups in total. The van der Waals surface area contributed by atoms with Crippen molar-refractivity contribution in [3.63, 3.8) is 0 Å². The molecule has 8 nitrogen and oxygen atoms in total. The minimum Gasteiger partial charge on any atom is -0.442 e. The van der Waals surface area contributed by atoms with Gasteiger partial charge in [-0.05, 0) is 75.2 Å². The molecule has 0 aromatic carbocycles. The maximum Gasteiger partial charge on any atom is 0.439 e. The van der Waals surface area contributed by atoms with Gasteiger partial charge in [0.15, 0.2) is 0 Å². The number of hydrogen-bond acceptors (Lipinski definition) is 6. The zero-order valence-electron chi connectivity index (χ0n) is 18.7. The van der Waals surface area contributed by atoms with Crippen LogP contribution in [0.25, 0.3) is 0 Å². The summed E-state index contributed by atoms with van der Waals surface area (Å²) in [7, 11) is 0. The van der Waals surface area contributed by atoms with Crippen molar-refractivity contribution < 1.29 is 28.6 Å². The highest BCUT2D eigenvalue weighted by molar-refractivity contribution is 5.90. The van der Waals surface area contributed by atoms with Crippen molar-refractivity contribution in [2.45, 2.75) is 111 Å². The van der Waals surface area contributed by atoms with E-state index in [0.29, 0.717) is 17.9 Å². The van der Waals surface area contributed by atoms with Crippen LogP contribution in [-0.4, -0.2) is 51.1 Å². The van der Waals surface area contributed by atoms with E-state index in [4.69, 9.17) is 14.2 Å². The number of ether oxygens (including phenoxy) is 3. The first kappa shape index (κ1) is 24.0. The van der Waals surface area contributed by atoms with Gasteiger partial charge in [0.25, 0.3) is 0 Å². The quantitative estimate of drug-likeness (QED) is 0.441. The number of amides is 3. The molecule has 0 unspecified atom stereocenters. The van der Waals surface area contributed by atoms with Gasteiger partial charge >= 0.3 is 18.3 Å². The predicted octanol–water partition coefficient (Wildman–Crippen LogP) is 5.25. The number of hydrogen-bond donors (Lipinski definition) is 0. The Bertz CT molecular complexity index is 549. The van der Waals surface area contributed by atoms with Gasteiger partial charge in [0, 0.05) is 0 Å². The summed E-state index contributed by atoms with van der Waals surface area (Å²) in [6.07, 6.45) is 0.360. The highest BCUT2D eigenvalue weighted by Gasteiger charge is 2.44. The summed E-state index contributed by atoms with van der Waals surface area (Å²) in [6.45, 7) is 15.3. The average molecular weight is 401 g/mol. The number of carbonyl (C=O) groups is 3. The second-order valence-corrected chi connectivity index (χ2v) is 10.0. The Labute approximate surface area is 168 Å². The zero-order chi connectivity index (χ0) is 21.9. The summed E-state index contributed by atoms with van der Waals surface area (Å²) in [4.78, 5) is 38.8. The van der Waals surface area contributed by atoms with E-state index in [0.717, 1.165) is 17.9 Å². The molecule has 0 atom stereocenters. The fourth-order valence-corrected chi connectivity index (χ4v) is 2.71. The lowest BCUT2D eigenvalue weighted by Crippen LogP contribution is -2.59. The van der Waals surface area contributed by atoms with E-state index >= 15 is 0 Å². The third kappa shape index (κ3) is 7.94. The smallest absolute Gasteiger partial charge is 0.439 e. The molecule has 0 aromatic rings. The van der Waals surface area contributed by atoms with Crippen LogP contribution in [0.5, 0.6) is 0 Å². The first-order valence-electron chi connectivity index (χ1n) is 9.78. The highest BCUT2D eigenvalue weighted by atomic mass is 16.6. The van der Waals surface area contributed by atoms with Crippen LogP contribution >= 0.6 is 0 Å². The second kappa shape index (κ2) is 8.57. The van der Waals surface area contributed by atoms with E-state index in [2.05, 4.69) is 0 Å². The van der Waals surface area contributed by atoms with E-state index < -0.39 is 35.1 Å². The molecule has 0 spiro atoms. The molecule has 1 aliphatic carbocycles. The molecule has 0 heterocycles. The normalized spacial score (nSPS) is 15.8. The molecule has 162 valence electrons. The summed E-state index contributed by atoms with van der Waals surface area (Å²) in [5.74, 6) is 0. The SMILES string of the molecule is CC(C)(C)OC(=O)N(C(=O)OC(C)(C)C)N(C(=O)OC(C)(C)C)C1CCCC1. The lowest BCUT2D eigenvalue weighted by molar-refractivity contribution is -0.0820. The largest absolute Gasteiger partial charge is 0.442 e. The fraction of sp³-hybridized carbons (Fsp3) is 0.850. The van der Waals surface area contributed by atoms with Crippen molar-refractivity contribution in [1.29, 1.82) is 0 Å². The number of carbonyl (C=O) groups excluding carboxylic acids is 3. The van der Waals surface area contributed by atoms with E-state index in [1.54, 1.807) is 62.3 Å². The molecule has 0 radical (unpaired) electrons. The molecule has 1 rings (SSSR count). The van der Waals surface area contributed by atoms with Crippen LogP contribution in [0.4, 0.5) is 14.4 Å². The van der Waals surface area contributed by atoms with Crippen LogP contribution in [-0.2, 0) is 14.2 Å². The minimum absolute atomic E-state index is 0.352. The van der Waals surface area contributed by atoms with Crippen molar-refractivity contribution in [2.24, 2.45) is 0 Å². The minimum atomic E-state index is -0.973. The molecule has 0 bridgehead atoms. The molecular formula is C20H36N2O6. The summed E-state index contributed by atoms with van der Waals surface area (Å²) in [6, 6.07) is -0.352. The zero-order valence-corrected chi connectivity index (χ0v) is 18.7. The fourth-order valence-electron chi connectivity index (χ4n) is 2.71. The maximum absolute atomic E-state index is 13.0. The molecule has 3 amide bonds. The van der Waals surface area contributed by atoms with Gasteiger partial charge in [0.1, 0.15) is 16.8 Å². The number of imide groups is 1. The molecule has 1 aliphatic rings. The molecule has 0 aliphatic heterocycles. The summed E-state index contributed by atoms with van der Waals surface area (Å²) in [5.41, 5.74) is -2.50. The highest BCUT2D eigenvalue weighted by Crippen LogP contribution is 2.28. The molecule has 1 fully saturated rings.